The normalized spacial score (nSPS) is 24.6. The minimum absolute atomic E-state index is 0.00970. The third-order valence-corrected chi connectivity index (χ3v) is 4.40. The van der Waals surface area contributed by atoms with E-state index in [1.165, 1.54) is 0 Å². The van der Waals surface area contributed by atoms with Crippen LogP contribution in [0.1, 0.15) is 38.5 Å². The van der Waals surface area contributed by atoms with Crippen molar-refractivity contribution < 1.29 is 18.0 Å². The summed E-state index contributed by atoms with van der Waals surface area (Å²) in [6, 6.07) is 0. The van der Waals surface area contributed by atoms with Crippen LogP contribution < -0.4 is 11.1 Å². The summed E-state index contributed by atoms with van der Waals surface area (Å²) < 4.78 is 38.4. The van der Waals surface area contributed by atoms with Gasteiger partial charge in [0.05, 0.1) is 10.4 Å². The van der Waals surface area contributed by atoms with Crippen LogP contribution in [-0.2, 0) is 4.79 Å². The first-order chi connectivity index (χ1) is 8.24. The van der Waals surface area contributed by atoms with Crippen LogP contribution in [0.25, 0.3) is 0 Å². The number of nitrogens with one attached hydrogen (secondary N) is 1. The standard InChI is InChI=1S/C11H15F3N2OS/c12-11(13,14)10(5-6-10)16-8(17)9(7(15)18)3-1-2-4-9/h1-6H2,(H2,15,18)(H,16,17). The van der Waals surface area contributed by atoms with Gasteiger partial charge in [-0.3, -0.25) is 4.79 Å². The summed E-state index contributed by atoms with van der Waals surface area (Å²) in [6.45, 7) is 0. The molecular formula is C11H15F3N2OS. The molecule has 0 aromatic rings. The lowest BCUT2D eigenvalue weighted by molar-refractivity contribution is -0.172. The van der Waals surface area contributed by atoms with Gasteiger partial charge in [-0.1, -0.05) is 25.1 Å². The van der Waals surface area contributed by atoms with Crippen molar-refractivity contribution in [3.63, 3.8) is 0 Å². The minimum Gasteiger partial charge on any atom is -0.392 e. The summed E-state index contributed by atoms with van der Waals surface area (Å²) in [5.74, 6) is -0.651. The van der Waals surface area contributed by atoms with Gasteiger partial charge in [-0.2, -0.15) is 13.2 Å². The van der Waals surface area contributed by atoms with Gasteiger partial charge in [0.2, 0.25) is 5.91 Å². The van der Waals surface area contributed by atoms with E-state index in [0.717, 1.165) is 12.8 Å². The average molecular weight is 280 g/mol. The molecule has 0 saturated heterocycles. The van der Waals surface area contributed by atoms with Gasteiger partial charge >= 0.3 is 6.18 Å². The van der Waals surface area contributed by atoms with Gasteiger partial charge in [-0.25, -0.2) is 0 Å². The van der Waals surface area contributed by atoms with Crippen molar-refractivity contribution in [2.24, 2.45) is 11.1 Å². The van der Waals surface area contributed by atoms with E-state index in [4.69, 9.17) is 18.0 Å². The number of nitrogens with two attached hydrogens (primary N) is 1. The highest BCUT2D eigenvalue weighted by Gasteiger charge is 2.65. The topological polar surface area (TPSA) is 55.1 Å². The number of amides is 1. The highest BCUT2D eigenvalue weighted by molar-refractivity contribution is 7.80. The van der Waals surface area contributed by atoms with Crippen molar-refractivity contribution in [1.82, 2.24) is 5.32 Å². The molecule has 3 N–H and O–H groups in total. The van der Waals surface area contributed by atoms with E-state index in [0.29, 0.717) is 12.8 Å². The molecule has 7 heteroatoms. The van der Waals surface area contributed by atoms with E-state index in [1.54, 1.807) is 0 Å². The lowest BCUT2D eigenvalue weighted by atomic mass is 9.84. The highest BCUT2D eigenvalue weighted by Crippen LogP contribution is 2.50. The van der Waals surface area contributed by atoms with Gasteiger partial charge in [-0.05, 0) is 25.7 Å². The molecule has 2 saturated carbocycles. The first-order valence-corrected chi connectivity index (χ1v) is 6.34. The summed E-state index contributed by atoms with van der Waals surface area (Å²) in [7, 11) is 0. The Balaban J connectivity index is 2.15. The maximum atomic E-state index is 12.8. The minimum atomic E-state index is -4.40. The van der Waals surface area contributed by atoms with Crippen LogP contribution in [0, 0.1) is 5.41 Å². The van der Waals surface area contributed by atoms with E-state index >= 15 is 0 Å². The average Bonchev–Trinajstić information content (AvgIpc) is 2.87. The summed E-state index contributed by atoms with van der Waals surface area (Å²) in [5, 5.41) is 2.14. The van der Waals surface area contributed by atoms with Gasteiger partial charge in [0.15, 0.2) is 0 Å². The number of alkyl halides is 3. The molecule has 1 amide bonds. The largest absolute Gasteiger partial charge is 0.411 e. The Hall–Kier alpha value is -0.850. The molecule has 2 aliphatic rings. The smallest absolute Gasteiger partial charge is 0.392 e. The molecule has 0 spiro atoms. The molecule has 0 heterocycles. The summed E-state index contributed by atoms with van der Waals surface area (Å²) in [5.41, 5.74) is 2.46. The number of carbonyl (C=O) groups is 1. The number of hydrogen-bond donors (Lipinski definition) is 2. The summed E-state index contributed by atoms with van der Waals surface area (Å²) in [6.07, 6.45) is -2.10. The number of hydrogen-bond acceptors (Lipinski definition) is 2. The molecular weight excluding hydrogens is 265 g/mol. The van der Waals surface area contributed by atoms with Crippen LogP contribution in [0.4, 0.5) is 13.2 Å². The van der Waals surface area contributed by atoms with Gasteiger partial charge < -0.3 is 11.1 Å². The Kier molecular flexibility index (Phi) is 3.08. The molecule has 2 aliphatic carbocycles. The van der Waals surface area contributed by atoms with E-state index in [2.05, 4.69) is 5.32 Å². The highest BCUT2D eigenvalue weighted by atomic mass is 32.1. The van der Waals surface area contributed by atoms with E-state index in [9.17, 15) is 18.0 Å². The molecule has 0 radical (unpaired) electrons. The second-order valence-corrected chi connectivity index (χ2v) is 5.63. The second-order valence-electron chi connectivity index (χ2n) is 5.19. The second kappa shape index (κ2) is 4.08. The molecule has 0 aliphatic heterocycles. The predicted octanol–water partition coefficient (Wildman–Crippen LogP) is 2.04. The molecule has 0 unspecified atom stereocenters. The van der Waals surface area contributed by atoms with Crippen LogP contribution in [0.3, 0.4) is 0 Å². The van der Waals surface area contributed by atoms with Crippen molar-refractivity contribution in [3.8, 4) is 0 Å². The molecule has 2 fully saturated rings. The fraction of sp³-hybridized carbons (Fsp3) is 0.818. The SMILES string of the molecule is NC(=S)C1(C(=O)NC2(C(F)(F)F)CC2)CCCC1. The van der Waals surface area contributed by atoms with E-state index in [-0.39, 0.29) is 17.8 Å². The van der Waals surface area contributed by atoms with Crippen molar-refractivity contribution in [3.05, 3.63) is 0 Å². The molecule has 102 valence electrons. The predicted molar refractivity (Wildman–Crippen MR) is 63.8 cm³/mol. The van der Waals surface area contributed by atoms with Crippen molar-refractivity contribution in [2.45, 2.75) is 50.2 Å². The molecule has 0 aromatic carbocycles. The maximum absolute atomic E-state index is 12.8. The van der Waals surface area contributed by atoms with Crippen molar-refractivity contribution in [2.75, 3.05) is 0 Å². The Morgan fingerprint density at radius 1 is 1.17 bits per heavy atom. The number of rotatable bonds is 3. The molecule has 0 atom stereocenters. The molecule has 0 aromatic heterocycles. The van der Waals surface area contributed by atoms with Crippen LogP contribution in [0.2, 0.25) is 0 Å². The van der Waals surface area contributed by atoms with Crippen molar-refractivity contribution >= 4 is 23.1 Å². The zero-order chi connectivity index (χ0) is 13.6. The zero-order valence-corrected chi connectivity index (χ0v) is 10.6. The molecule has 18 heavy (non-hydrogen) atoms. The van der Waals surface area contributed by atoms with Crippen LogP contribution in [0.15, 0.2) is 0 Å². The fourth-order valence-corrected chi connectivity index (χ4v) is 2.80. The zero-order valence-electron chi connectivity index (χ0n) is 9.77. The number of thiocarbonyl (C=S) groups is 1. The first-order valence-electron chi connectivity index (χ1n) is 5.93. The molecule has 3 nitrogen and oxygen atoms in total. The third kappa shape index (κ3) is 1.98. The van der Waals surface area contributed by atoms with Gasteiger partial charge in [0.1, 0.15) is 5.54 Å². The van der Waals surface area contributed by atoms with Gasteiger partial charge in [-0.15, -0.1) is 0 Å². The van der Waals surface area contributed by atoms with Crippen LogP contribution in [-0.4, -0.2) is 22.6 Å². The Morgan fingerprint density at radius 2 is 1.67 bits per heavy atom. The Labute approximate surface area is 108 Å². The monoisotopic (exact) mass is 280 g/mol. The van der Waals surface area contributed by atoms with Gasteiger partial charge in [0.25, 0.3) is 0 Å². The van der Waals surface area contributed by atoms with Crippen LogP contribution in [0.5, 0.6) is 0 Å². The Morgan fingerprint density at radius 3 is 2.00 bits per heavy atom. The lowest BCUT2D eigenvalue weighted by Crippen LogP contribution is -2.55. The Bertz CT molecular complexity index is 384. The fourth-order valence-electron chi connectivity index (χ4n) is 2.51. The first kappa shape index (κ1) is 13.6. The summed E-state index contributed by atoms with van der Waals surface area (Å²) >= 11 is 4.88. The van der Waals surface area contributed by atoms with Gasteiger partial charge in [0, 0.05) is 0 Å². The number of halogens is 3. The molecule has 2 rings (SSSR count). The van der Waals surface area contributed by atoms with Crippen LogP contribution >= 0.6 is 12.2 Å². The quantitative estimate of drug-likeness (QED) is 0.778. The van der Waals surface area contributed by atoms with E-state index < -0.39 is 23.0 Å². The summed E-state index contributed by atoms with van der Waals surface area (Å²) in [4.78, 5) is 12.1. The number of carbonyl (C=O) groups excluding carboxylic acids is 1. The van der Waals surface area contributed by atoms with E-state index in [1.807, 2.05) is 0 Å². The maximum Gasteiger partial charge on any atom is 0.411 e. The van der Waals surface area contributed by atoms with Crippen molar-refractivity contribution in [1.29, 1.82) is 0 Å². The molecule has 0 bridgehead atoms. The third-order valence-electron chi connectivity index (χ3n) is 4.01. The lowest BCUT2D eigenvalue weighted by Gasteiger charge is -2.30.